The molecule has 4 radical (unpaired) electrons. The predicted octanol–water partition coefficient (Wildman–Crippen LogP) is 3.44. The van der Waals surface area contributed by atoms with Crippen LogP contribution in [0.4, 0.5) is 0 Å². The van der Waals surface area contributed by atoms with Crippen LogP contribution in [0.5, 0.6) is 0 Å². The van der Waals surface area contributed by atoms with Crippen LogP contribution in [0.1, 0.15) is 36.2 Å². The van der Waals surface area contributed by atoms with E-state index in [0.717, 1.165) is 5.56 Å². The zero-order valence-electron chi connectivity index (χ0n) is 14.0. The maximum absolute atomic E-state index is 12.1. The van der Waals surface area contributed by atoms with Gasteiger partial charge in [0.05, 0.1) is 12.2 Å². The lowest BCUT2D eigenvalue weighted by atomic mass is 9.83. The first-order valence-corrected chi connectivity index (χ1v) is 10.8. The first-order chi connectivity index (χ1) is 11.0. The number of ether oxygens (including phenoxy) is 1. The van der Waals surface area contributed by atoms with Crippen LogP contribution in [0.15, 0.2) is 24.3 Å². The van der Waals surface area contributed by atoms with E-state index in [4.69, 9.17) is 25.2 Å². The van der Waals surface area contributed by atoms with E-state index in [0.29, 0.717) is 44.0 Å². The molecular formula is C16H23ClO4Si2. The van der Waals surface area contributed by atoms with Crippen LogP contribution in [0.3, 0.4) is 0 Å². The summed E-state index contributed by atoms with van der Waals surface area (Å²) in [6.07, 6.45) is 0.300. The van der Waals surface area contributed by atoms with Gasteiger partial charge in [0.15, 0.2) is 0 Å². The van der Waals surface area contributed by atoms with Crippen molar-refractivity contribution in [3.05, 3.63) is 35.4 Å². The molecule has 0 saturated carbocycles. The first-order valence-electron chi connectivity index (χ1n) is 7.45. The minimum Gasteiger partial charge on any atom is -0.462 e. The SMILES string of the molecule is C[Si]OC(O[Si]C)C(C)(C)c1cccc(C(=O)OCCCCl)c1. The van der Waals surface area contributed by atoms with E-state index in [9.17, 15) is 4.79 Å². The summed E-state index contributed by atoms with van der Waals surface area (Å²) in [7, 11) is 0.668. The van der Waals surface area contributed by atoms with Crippen molar-refractivity contribution < 1.29 is 18.4 Å². The fourth-order valence-corrected chi connectivity index (χ4v) is 3.34. The molecule has 1 rings (SSSR count). The Balaban J connectivity index is 2.94. The summed E-state index contributed by atoms with van der Waals surface area (Å²) in [6.45, 7) is 8.37. The summed E-state index contributed by atoms with van der Waals surface area (Å²) in [6, 6.07) is 7.43. The Hall–Kier alpha value is -0.666. The highest BCUT2D eigenvalue weighted by Gasteiger charge is 2.33. The topological polar surface area (TPSA) is 44.8 Å². The third-order valence-corrected chi connectivity index (χ3v) is 4.56. The molecule has 0 atom stereocenters. The van der Waals surface area contributed by atoms with Gasteiger partial charge in [-0.15, -0.1) is 11.6 Å². The van der Waals surface area contributed by atoms with Gasteiger partial charge in [-0.3, -0.25) is 0 Å². The Kier molecular flexibility index (Phi) is 9.08. The number of alkyl halides is 1. The quantitative estimate of drug-likeness (QED) is 0.208. The number of hydrogen-bond donors (Lipinski definition) is 0. The smallest absolute Gasteiger partial charge is 0.338 e. The lowest BCUT2D eigenvalue weighted by Gasteiger charge is -2.34. The summed E-state index contributed by atoms with van der Waals surface area (Å²) < 4.78 is 16.7. The second-order valence-electron chi connectivity index (χ2n) is 5.46. The molecule has 0 aliphatic carbocycles. The van der Waals surface area contributed by atoms with E-state index in [1.54, 1.807) is 6.07 Å². The largest absolute Gasteiger partial charge is 0.462 e. The Morgan fingerprint density at radius 3 is 2.48 bits per heavy atom. The van der Waals surface area contributed by atoms with Crippen molar-refractivity contribution in [3.63, 3.8) is 0 Å². The lowest BCUT2D eigenvalue weighted by Crippen LogP contribution is -2.39. The molecule has 126 valence electrons. The van der Waals surface area contributed by atoms with Gasteiger partial charge in [-0.25, -0.2) is 4.79 Å². The molecule has 23 heavy (non-hydrogen) atoms. The molecule has 0 aliphatic rings. The normalized spacial score (nSPS) is 11.7. The molecule has 4 nitrogen and oxygen atoms in total. The molecule has 7 heteroatoms. The van der Waals surface area contributed by atoms with Crippen molar-refractivity contribution in [3.8, 4) is 0 Å². The third kappa shape index (κ3) is 6.04. The van der Waals surface area contributed by atoms with Crippen molar-refractivity contribution in [1.82, 2.24) is 0 Å². The molecular weight excluding hydrogens is 348 g/mol. The van der Waals surface area contributed by atoms with E-state index in [-0.39, 0.29) is 17.7 Å². The molecule has 0 heterocycles. The van der Waals surface area contributed by atoms with Crippen LogP contribution in [0.25, 0.3) is 0 Å². The Labute approximate surface area is 148 Å². The summed E-state index contributed by atoms with van der Waals surface area (Å²) >= 11 is 5.59. The van der Waals surface area contributed by atoms with E-state index < -0.39 is 0 Å². The van der Waals surface area contributed by atoms with Gasteiger partial charge in [-0.05, 0) is 37.2 Å². The molecule has 1 aromatic carbocycles. The number of carbonyl (C=O) groups excluding carboxylic acids is 1. The molecule has 0 aromatic heterocycles. The van der Waals surface area contributed by atoms with Gasteiger partial charge < -0.3 is 13.6 Å². The highest BCUT2D eigenvalue weighted by molar-refractivity contribution is 6.26. The standard InChI is InChI=1S/C16H23ClO4Si2/c1-16(2,15(20-22-3)21-23-4)13-8-5-7-12(11-13)14(18)19-10-6-9-17/h5,7-8,11,15H,6,9-10H2,1-4H3. The highest BCUT2D eigenvalue weighted by Crippen LogP contribution is 2.30. The molecule has 0 amide bonds. The van der Waals surface area contributed by atoms with Gasteiger partial charge in [-0.1, -0.05) is 26.0 Å². The van der Waals surface area contributed by atoms with Crippen molar-refractivity contribution in [2.45, 2.75) is 45.1 Å². The number of esters is 1. The van der Waals surface area contributed by atoms with E-state index in [2.05, 4.69) is 13.8 Å². The van der Waals surface area contributed by atoms with Crippen molar-refractivity contribution in [1.29, 1.82) is 0 Å². The molecule has 0 unspecified atom stereocenters. The fourth-order valence-electron chi connectivity index (χ4n) is 2.02. The Morgan fingerprint density at radius 1 is 1.26 bits per heavy atom. The molecule has 0 saturated heterocycles. The zero-order valence-corrected chi connectivity index (χ0v) is 16.8. The van der Waals surface area contributed by atoms with Gasteiger partial charge in [0.1, 0.15) is 6.29 Å². The van der Waals surface area contributed by atoms with E-state index in [1.807, 2.05) is 31.3 Å². The van der Waals surface area contributed by atoms with Gasteiger partial charge in [-0.2, -0.15) is 0 Å². The van der Waals surface area contributed by atoms with Crippen LogP contribution >= 0.6 is 11.6 Å². The molecule has 0 aliphatic heterocycles. The molecule has 0 fully saturated rings. The van der Waals surface area contributed by atoms with Crippen LogP contribution in [-0.4, -0.2) is 44.3 Å². The summed E-state index contributed by atoms with van der Waals surface area (Å²) in [5, 5.41) is 0. The minimum absolute atomic E-state index is 0.332. The Morgan fingerprint density at radius 2 is 1.91 bits per heavy atom. The third-order valence-electron chi connectivity index (χ3n) is 3.39. The number of benzene rings is 1. The van der Waals surface area contributed by atoms with Gasteiger partial charge in [0.2, 0.25) is 19.5 Å². The van der Waals surface area contributed by atoms with Crippen LogP contribution in [0.2, 0.25) is 13.1 Å². The van der Waals surface area contributed by atoms with Gasteiger partial charge in [0.25, 0.3) is 0 Å². The summed E-state index contributed by atoms with van der Waals surface area (Å²) in [5.41, 5.74) is 1.13. The second kappa shape index (κ2) is 10.3. The van der Waals surface area contributed by atoms with Crippen LogP contribution in [0, 0.1) is 0 Å². The van der Waals surface area contributed by atoms with Crippen molar-refractivity contribution in [2.75, 3.05) is 12.5 Å². The number of halogens is 1. The van der Waals surface area contributed by atoms with Crippen LogP contribution < -0.4 is 0 Å². The fraction of sp³-hybridized carbons (Fsp3) is 0.562. The van der Waals surface area contributed by atoms with E-state index >= 15 is 0 Å². The average Bonchev–Trinajstić information content (AvgIpc) is 2.55. The molecule has 1 aromatic rings. The van der Waals surface area contributed by atoms with Crippen LogP contribution in [-0.2, 0) is 19.0 Å². The monoisotopic (exact) mass is 370 g/mol. The maximum Gasteiger partial charge on any atom is 0.338 e. The summed E-state index contributed by atoms with van der Waals surface area (Å²) in [5.74, 6) is 0.146. The minimum atomic E-state index is -0.377. The highest BCUT2D eigenvalue weighted by atomic mass is 35.5. The molecule has 0 bridgehead atoms. The van der Waals surface area contributed by atoms with Crippen molar-refractivity contribution in [2.24, 2.45) is 0 Å². The maximum atomic E-state index is 12.1. The second-order valence-corrected chi connectivity index (χ2v) is 7.12. The number of rotatable bonds is 10. The average molecular weight is 371 g/mol. The zero-order chi connectivity index (χ0) is 17.3. The summed E-state index contributed by atoms with van der Waals surface area (Å²) in [4.78, 5) is 12.1. The predicted molar refractivity (Wildman–Crippen MR) is 94.3 cm³/mol. The van der Waals surface area contributed by atoms with Gasteiger partial charge >= 0.3 is 5.97 Å². The first kappa shape index (κ1) is 20.4. The number of carbonyl (C=O) groups is 1. The molecule has 0 spiro atoms. The van der Waals surface area contributed by atoms with Crippen molar-refractivity contribution >= 4 is 37.1 Å². The van der Waals surface area contributed by atoms with Gasteiger partial charge in [0, 0.05) is 11.3 Å². The molecule has 0 N–H and O–H groups in total. The van der Waals surface area contributed by atoms with E-state index in [1.165, 1.54) is 0 Å². The number of hydrogen-bond acceptors (Lipinski definition) is 4. The Bertz CT molecular complexity index is 491. The lowest BCUT2D eigenvalue weighted by molar-refractivity contribution is -0.0433.